The summed E-state index contributed by atoms with van der Waals surface area (Å²) in [6.07, 6.45) is 0. The smallest absolute Gasteiger partial charge is 0.179 e. The van der Waals surface area contributed by atoms with Crippen molar-refractivity contribution in [2.45, 2.75) is 0 Å². The molecule has 0 aliphatic rings. The molecule has 15 rings (SSSR count). The van der Waals surface area contributed by atoms with E-state index in [-0.39, 0.29) is 0 Å². The van der Waals surface area contributed by atoms with E-state index in [1.165, 1.54) is 91.8 Å². The largest absolute Gasteiger partial charge is 0.309 e. The Kier molecular flexibility index (Phi) is 10.2. The number of hydrogen-bond acceptors (Lipinski definition) is 0. The number of nitrogens with zero attached hydrogens (tertiary/aromatic N) is 3. The van der Waals surface area contributed by atoms with Gasteiger partial charge in [-0.1, -0.05) is 224 Å². The third-order valence-corrected chi connectivity index (χ3v) is 20.7. The van der Waals surface area contributed by atoms with Gasteiger partial charge in [0.15, 0.2) is 8.07 Å². The molecule has 4 heteroatoms. The van der Waals surface area contributed by atoms with Gasteiger partial charge in [0.1, 0.15) is 0 Å². The lowest BCUT2D eigenvalue weighted by atomic mass is 10.0. The highest BCUT2D eigenvalue weighted by Gasteiger charge is 2.41. The van der Waals surface area contributed by atoms with Gasteiger partial charge in [0, 0.05) is 49.4 Å². The van der Waals surface area contributed by atoms with Crippen LogP contribution in [0.4, 0.5) is 0 Å². The molecule has 0 aliphatic carbocycles. The van der Waals surface area contributed by atoms with Gasteiger partial charge in [0.25, 0.3) is 0 Å². The molecule has 0 saturated carbocycles. The van der Waals surface area contributed by atoms with E-state index in [4.69, 9.17) is 0 Å². The number of fused-ring (bicyclic) bond motifs is 9. The van der Waals surface area contributed by atoms with Crippen LogP contribution >= 0.6 is 0 Å². The Hall–Kier alpha value is -9.74. The molecule has 0 atom stereocenters. The molecule has 3 nitrogen and oxygen atoms in total. The minimum atomic E-state index is -2.86. The first-order chi connectivity index (χ1) is 37.7. The average Bonchev–Trinajstić information content (AvgIpc) is 4.18. The van der Waals surface area contributed by atoms with E-state index in [0.29, 0.717) is 0 Å². The molecular formula is C72H49N3Si. The van der Waals surface area contributed by atoms with Gasteiger partial charge in [0.05, 0.1) is 33.1 Å². The second-order valence-electron chi connectivity index (χ2n) is 20.0. The molecular weight excluding hydrogens is 935 g/mol. The van der Waals surface area contributed by atoms with Crippen molar-refractivity contribution in [1.82, 2.24) is 13.7 Å². The summed E-state index contributed by atoms with van der Waals surface area (Å²) in [5.74, 6) is 0. The van der Waals surface area contributed by atoms with E-state index in [1.807, 2.05) is 0 Å². The van der Waals surface area contributed by atoms with Crippen LogP contribution in [-0.4, -0.2) is 21.8 Å². The van der Waals surface area contributed by atoms with Gasteiger partial charge >= 0.3 is 0 Å². The van der Waals surface area contributed by atoms with Gasteiger partial charge in [-0.3, -0.25) is 0 Å². The van der Waals surface area contributed by atoms with E-state index in [2.05, 4.69) is 311 Å². The van der Waals surface area contributed by atoms with Gasteiger partial charge in [-0.2, -0.15) is 0 Å². The highest BCUT2D eigenvalue weighted by atomic mass is 28.3. The molecule has 0 fully saturated rings. The molecule has 0 N–H and O–H groups in total. The first-order valence-electron chi connectivity index (χ1n) is 26.2. The molecule has 12 aromatic carbocycles. The zero-order valence-electron chi connectivity index (χ0n) is 41.6. The standard InChI is InChI=1S/C72H49N3Si/c1-6-22-50(23-7-1)52-38-42-70-65(46-52)62-33-17-20-36-68(62)73(70)54-39-43-71-66(48-54)63-34-18-21-37-69(63)74(71)55-44-53(51-24-8-2-9-25-51)45-56(47-55)75-67-35-19-16-32-61(67)64-41-40-60(49-72(64)75)76(57-26-10-3-11-27-57,58-28-12-4-13-29-58)59-30-14-5-15-31-59/h1-49H. The summed E-state index contributed by atoms with van der Waals surface area (Å²) < 4.78 is 7.46. The Morgan fingerprint density at radius 1 is 0.184 bits per heavy atom. The van der Waals surface area contributed by atoms with Crippen molar-refractivity contribution in [3.8, 4) is 39.3 Å². The molecule has 356 valence electrons. The van der Waals surface area contributed by atoms with Crippen LogP contribution in [0.1, 0.15) is 0 Å². The molecule has 0 bridgehead atoms. The topological polar surface area (TPSA) is 14.8 Å². The molecule has 0 spiro atoms. The van der Waals surface area contributed by atoms with Crippen molar-refractivity contribution in [3.63, 3.8) is 0 Å². The van der Waals surface area contributed by atoms with Gasteiger partial charge in [0.2, 0.25) is 0 Å². The molecule has 76 heavy (non-hydrogen) atoms. The highest BCUT2D eigenvalue weighted by molar-refractivity contribution is 7.20. The van der Waals surface area contributed by atoms with Gasteiger partial charge in [-0.05, 0) is 116 Å². The maximum absolute atomic E-state index is 2.86. The Morgan fingerprint density at radius 2 is 0.566 bits per heavy atom. The molecule has 15 aromatic rings. The summed E-state index contributed by atoms with van der Waals surface area (Å²) in [6, 6.07) is 111. The maximum atomic E-state index is 2.53. The van der Waals surface area contributed by atoms with E-state index in [0.717, 1.165) is 33.7 Å². The zero-order chi connectivity index (χ0) is 50.2. The Morgan fingerprint density at radius 3 is 1.09 bits per heavy atom. The molecule has 3 heterocycles. The van der Waals surface area contributed by atoms with Crippen molar-refractivity contribution >= 4 is 94.2 Å². The van der Waals surface area contributed by atoms with E-state index < -0.39 is 8.07 Å². The van der Waals surface area contributed by atoms with Gasteiger partial charge < -0.3 is 13.7 Å². The quantitative estimate of drug-likeness (QED) is 0.101. The molecule has 3 aromatic heterocycles. The van der Waals surface area contributed by atoms with Crippen LogP contribution in [0.2, 0.25) is 0 Å². The van der Waals surface area contributed by atoms with Crippen molar-refractivity contribution in [3.05, 3.63) is 297 Å². The number of para-hydroxylation sites is 3. The maximum Gasteiger partial charge on any atom is 0.179 e. The van der Waals surface area contributed by atoms with Crippen LogP contribution in [0.3, 0.4) is 0 Å². The molecule has 0 aliphatic heterocycles. The number of aromatic nitrogens is 3. The monoisotopic (exact) mass is 983 g/mol. The van der Waals surface area contributed by atoms with E-state index in [1.54, 1.807) is 0 Å². The highest BCUT2D eigenvalue weighted by Crippen LogP contribution is 2.41. The van der Waals surface area contributed by atoms with Gasteiger partial charge in [-0.15, -0.1) is 0 Å². The number of rotatable bonds is 9. The van der Waals surface area contributed by atoms with Crippen LogP contribution in [0.25, 0.3) is 105 Å². The summed E-state index contributed by atoms with van der Waals surface area (Å²) in [5, 5.41) is 12.8. The molecule has 0 radical (unpaired) electrons. The summed E-state index contributed by atoms with van der Waals surface area (Å²) in [4.78, 5) is 0. The van der Waals surface area contributed by atoms with Crippen molar-refractivity contribution < 1.29 is 0 Å². The van der Waals surface area contributed by atoms with Crippen LogP contribution in [0, 0.1) is 0 Å². The second-order valence-corrected chi connectivity index (χ2v) is 23.9. The minimum Gasteiger partial charge on any atom is -0.309 e. The SMILES string of the molecule is c1ccc(-c2cc(-n3c4ccccc4c4cc(-n5c6ccccc6c6cc(-c7ccccc7)ccc65)ccc43)cc(-n3c4ccccc4c4ccc([Si](c5ccccc5)(c5ccccc5)c5ccccc5)cc43)c2)cc1. The number of hydrogen-bond donors (Lipinski definition) is 0. The minimum absolute atomic E-state index is 1.10. The predicted octanol–water partition coefficient (Wildman–Crippen LogP) is 15.7. The van der Waals surface area contributed by atoms with Crippen LogP contribution in [0.5, 0.6) is 0 Å². The zero-order valence-corrected chi connectivity index (χ0v) is 42.6. The predicted molar refractivity (Wildman–Crippen MR) is 324 cm³/mol. The Labute approximate surface area is 442 Å². The third kappa shape index (κ3) is 6.81. The van der Waals surface area contributed by atoms with Crippen LogP contribution in [-0.2, 0) is 0 Å². The summed E-state index contributed by atoms with van der Waals surface area (Å²) in [5.41, 5.74) is 15.1. The Balaban J connectivity index is 0.973. The van der Waals surface area contributed by atoms with Crippen LogP contribution in [0.15, 0.2) is 297 Å². The lowest BCUT2D eigenvalue weighted by Crippen LogP contribution is -2.74. The molecule has 0 amide bonds. The van der Waals surface area contributed by atoms with Crippen LogP contribution < -0.4 is 20.7 Å². The Bertz CT molecular complexity index is 4570. The third-order valence-electron chi connectivity index (χ3n) is 15.9. The van der Waals surface area contributed by atoms with E-state index in [9.17, 15) is 0 Å². The fourth-order valence-electron chi connectivity index (χ4n) is 12.6. The lowest BCUT2D eigenvalue weighted by molar-refractivity contribution is 1.13. The first kappa shape index (κ1) is 43.8. The fraction of sp³-hybridized carbons (Fsp3) is 0. The molecule has 0 unspecified atom stereocenters. The normalized spacial score (nSPS) is 11.9. The number of benzene rings is 12. The fourth-order valence-corrected chi connectivity index (χ4v) is 17.4. The molecule has 0 saturated heterocycles. The summed E-state index contributed by atoms with van der Waals surface area (Å²) in [6.45, 7) is 0. The summed E-state index contributed by atoms with van der Waals surface area (Å²) >= 11 is 0. The lowest BCUT2D eigenvalue weighted by Gasteiger charge is -2.34. The first-order valence-corrected chi connectivity index (χ1v) is 28.2. The van der Waals surface area contributed by atoms with Crippen molar-refractivity contribution in [1.29, 1.82) is 0 Å². The second kappa shape index (κ2) is 17.7. The van der Waals surface area contributed by atoms with E-state index >= 15 is 0 Å². The van der Waals surface area contributed by atoms with Crippen molar-refractivity contribution in [2.24, 2.45) is 0 Å². The average molecular weight is 984 g/mol. The summed E-state index contributed by atoms with van der Waals surface area (Å²) in [7, 11) is -2.86. The van der Waals surface area contributed by atoms with Crippen molar-refractivity contribution in [2.75, 3.05) is 0 Å². The van der Waals surface area contributed by atoms with Gasteiger partial charge in [-0.25, -0.2) is 0 Å².